The van der Waals surface area contributed by atoms with Crippen molar-refractivity contribution in [2.24, 2.45) is 0 Å². The Kier molecular flexibility index (Phi) is 5.43. The van der Waals surface area contributed by atoms with Crippen LogP contribution in [0, 0.1) is 10.1 Å². The lowest BCUT2D eigenvalue weighted by Crippen LogP contribution is -2.35. The molecular weight excluding hydrogens is 442 g/mol. The summed E-state index contributed by atoms with van der Waals surface area (Å²) in [4.78, 5) is 36.2. The molecule has 9 heteroatoms. The summed E-state index contributed by atoms with van der Waals surface area (Å²) < 4.78 is 6.23. The molecule has 0 atom stereocenters. The van der Waals surface area contributed by atoms with Crippen LogP contribution in [0.5, 0.6) is 5.75 Å². The van der Waals surface area contributed by atoms with Crippen molar-refractivity contribution in [3.05, 3.63) is 68.2 Å². The number of rotatable bonds is 4. The van der Waals surface area contributed by atoms with Gasteiger partial charge in [-0.25, -0.2) is 5.01 Å². The molecular formula is C20H18BrN3O5. The molecule has 0 aliphatic carbocycles. The lowest BCUT2D eigenvalue weighted by atomic mass is 10.1. The number of para-hydroxylation sites is 1. The minimum atomic E-state index is -0.732. The summed E-state index contributed by atoms with van der Waals surface area (Å²) in [6, 6.07) is 11.5. The van der Waals surface area contributed by atoms with Crippen molar-refractivity contribution >= 4 is 45.2 Å². The molecule has 1 fully saturated rings. The van der Waals surface area contributed by atoms with Crippen LogP contribution in [0.15, 0.2) is 52.5 Å². The molecule has 29 heavy (non-hydrogen) atoms. The van der Waals surface area contributed by atoms with Gasteiger partial charge in [0, 0.05) is 16.1 Å². The van der Waals surface area contributed by atoms with Gasteiger partial charge in [0.15, 0.2) is 0 Å². The number of nitrogens with one attached hydrogen (secondary N) is 1. The summed E-state index contributed by atoms with van der Waals surface area (Å²) in [5, 5.41) is 12.7. The normalized spacial score (nSPS) is 15.6. The Hall–Kier alpha value is -3.20. The molecule has 1 saturated heterocycles. The lowest BCUT2D eigenvalue weighted by molar-refractivity contribution is -0.386. The van der Waals surface area contributed by atoms with Gasteiger partial charge in [0.05, 0.1) is 10.6 Å². The molecule has 1 aliphatic heterocycles. The van der Waals surface area contributed by atoms with E-state index >= 15 is 0 Å². The predicted molar refractivity (Wildman–Crippen MR) is 111 cm³/mol. The molecule has 8 nitrogen and oxygen atoms in total. The number of hydrogen-bond acceptors (Lipinski definition) is 5. The first-order chi connectivity index (χ1) is 13.6. The van der Waals surface area contributed by atoms with E-state index in [0.29, 0.717) is 10.2 Å². The molecule has 0 radical (unpaired) electrons. The first-order valence-electron chi connectivity index (χ1n) is 8.66. The summed E-state index contributed by atoms with van der Waals surface area (Å²) >= 11 is 3.24. The zero-order chi connectivity index (χ0) is 21.3. The molecule has 1 aliphatic rings. The lowest BCUT2D eigenvalue weighted by Gasteiger charge is -2.22. The van der Waals surface area contributed by atoms with Crippen LogP contribution in [0.3, 0.4) is 0 Å². The van der Waals surface area contributed by atoms with E-state index in [4.69, 9.17) is 4.74 Å². The average Bonchev–Trinajstić information content (AvgIpc) is 2.91. The van der Waals surface area contributed by atoms with Crippen molar-refractivity contribution in [2.45, 2.75) is 26.4 Å². The maximum Gasteiger partial charge on any atom is 0.312 e. The number of amides is 2. The van der Waals surface area contributed by atoms with Crippen LogP contribution in [0.25, 0.3) is 6.08 Å². The number of ether oxygens (including phenoxy) is 1. The molecule has 0 saturated carbocycles. The second-order valence-corrected chi connectivity index (χ2v) is 8.21. The van der Waals surface area contributed by atoms with Crippen molar-refractivity contribution in [3.8, 4) is 5.75 Å². The summed E-state index contributed by atoms with van der Waals surface area (Å²) in [5.41, 5.74) is 2.09. The van der Waals surface area contributed by atoms with Gasteiger partial charge in [0.2, 0.25) is 5.75 Å². The van der Waals surface area contributed by atoms with Gasteiger partial charge in [0.1, 0.15) is 11.2 Å². The first-order valence-corrected chi connectivity index (χ1v) is 9.45. The maximum atomic E-state index is 12.8. The van der Waals surface area contributed by atoms with E-state index in [-0.39, 0.29) is 22.6 Å². The number of nitrogens with zero attached hydrogens (tertiary/aromatic N) is 2. The summed E-state index contributed by atoms with van der Waals surface area (Å²) in [5.74, 6) is -1.19. The van der Waals surface area contributed by atoms with Crippen LogP contribution < -0.4 is 15.2 Å². The highest BCUT2D eigenvalue weighted by Gasteiger charge is 2.35. The van der Waals surface area contributed by atoms with Crippen molar-refractivity contribution < 1.29 is 19.2 Å². The fourth-order valence-corrected chi connectivity index (χ4v) is 3.20. The molecule has 2 aromatic carbocycles. The number of nitro benzene ring substituents is 1. The summed E-state index contributed by atoms with van der Waals surface area (Å²) in [6.45, 7) is 5.25. The monoisotopic (exact) mass is 459 g/mol. The molecule has 1 heterocycles. The highest BCUT2D eigenvalue weighted by molar-refractivity contribution is 9.10. The van der Waals surface area contributed by atoms with Gasteiger partial charge >= 0.3 is 5.69 Å². The molecule has 2 amide bonds. The molecule has 2 aromatic rings. The minimum absolute atomic E-state index is 0.0167. The fourth-order valence-electron chi connectivity index (χ4n) is 2.73. The van der Waals surface area contributed by atoms with E-state index in [1.807, 2.05) is 0 Å². The number of hydrazine groups is 1. The Balaban J connectivity index is 2.11. The van der Waals surface area contributed by atoms with Gasteiger partial charge in [0.25, 0.3) is 11.8 Å². The standard InChI is InChI=1S/C20H18BrN3O5/c1-20(2,3)29-17-12(9-13(21)11-16(17)24(27)28)10-15-18(25)22-23(19(15)26)14-7-5-4-6-8-14/h4-11H,1-3H3,(H,22,25). The van der Waals surface area contributed by atoms with Crippen LogP contribution in [0.4, 0.5) is 11.4 Å². The van der Waals surface area contributed by atoms with E-state index in [9.17, 15) is 19.7 Å². The van der Waals surface area contributed by atoms with Crippen molar-refractivity contribution in [1.29, 1.82) is 0 Å². The molecule has 0 spiro atoms. The van der Waals surface area contributed by atoms with E-state index in [2.05, 4.69) is 21.4 Å². The number of halogens is 1. The topological polar surface area (TPSA) is 102 Å². The highest BCUT2D eigenvalue weighted by Crippen LogP contribution is 2.38. The molecule has 3 rings (SSSR count). The zero-order valence-corrected chi connectivity index (χ0v) is 17.5. The second-order valence-electron chi connectivity index (χ2n) is 7.29. The van der Waals surface area contributed by atoms with Gasteiger partial charge in [-0.15, -0.1) is 0 Å². The maximum absolute atomic E-state index is 12.8. The van der Waals surface area contributed by atoms with Gasteiger partial charge in [-0.05, 0) is 45.0 Å². The molecule has 0 aromatic heterocycles. The Morgan fingerprint density at radius 3 is 2.41 bits per heavy atom. The second kappa shape index (κ2) is 7.67. The summed E-state index contributed by atoms with van der Waals surface area (Å²) in [6.07, 6.45) is 1.30. The van der Waals surface area contributed by atoms with Gasteiger partial charge in [-0.1, -0.05) is 34.1 Å². The van der Waals surface area contributed by atoms with E-state index in [1.165, 1.54) is 12.1 Å². The Morgan fingerprint density at radius 1 is 1.17 bits per heavy atom. The third kappa shape index (κ3) is 4.45. The fraction of sp³-hybridized carbons (Fsp3) is 0.200. The minimum Gasteiger partial charge on any atom is -0.481 e. The van der Waals surface area contributed by atoms with Crippen molar-refractivity contribution in [1.82, 2.24) is 5.43 Å². The third-order valence-corrected chi connectivity index (χ3v) is 4.33. The first kappa shape index (κ1) is 20.5. The van der Waals surface area contributed by atoms with E-state index in [0.717, 1.165) is 5.01 Å². The number of nitro groups is 1. The number of hydrogen-bond donors (Lipinski definition) is 1. The van der Waals surface area contributed by atoms with Crippen LogP contribution in [-0.2, 0) is 9.59 Å². The number of carbonyl (C=O) groups is 2. The Morgan fingerprint density at radius 2 is 1.83 bits per heavy atom. The quantitative estimate of drug-likeness (QED) is 0.322. The Labute approximate surface area is 175 Å². The summed E-state index contributed by atoms with van der Waals surface area (Å²) in [7, 11) is 0. The molecule has 0 bridgehead atoms. The van der Waals surface area contributed by atoms with Crippen molar-refractivity contribution in [3.63, 3.8) is 0 Å². The van der Waals surface area contributed by atoms with E-state index < -0.39 is 22.3 Å². The average molecular weight is 460 g/mol. The molecule has 0 unspecified atom stereocenters. The van der Waals surface area contributed by atoms with Crippen LogP contribution >= 0.6 is 15.9 Å². The number of benzene rings is 2. The van der Waals surface area contributed by atoms with Crippen LogP contribution in [0.1, 0.15) is 26.3 Å². The van der Waals surface area contributed by atoms with Crippen LogP contribution in [-0.4, -0.2) is 22.3 Å². The molecule has 150 valence electrons. The molecule has 1 N–H and O–H groups in total. The zero-order valence-electron chi connectivity index (χ0n) is 15.9. The van der Waals surface area contributed by atoms with Gasteiger partial charge in [-0.2, -0.15) is 0 Å². The number of anilines is 1. The van der Waals surface area contributed by atoms with Gasteiger partial charge in [-0.3, -0.25) is 25.1 Å². The Bertz CT molecular complexity index is 1030. The number of carbonyl (C=O) groups excluding carboxylic acids is 2. The predicted octanol–water partition coefficient (Wildman–Crippen LogP) is 4.00. The smallest absolute Gasteiger partial charge is 0.312 e. The highest BCUT2D eigenvalue weighted by atomic mass is 79.9. The van der Waals surface area contributed by atoms with Gasteiger partial charge < -0.3 is 4.74 Å². The third-order valence-electron chi connectivity index (χ3n) is 3.87. The van der Waals surface area contributed by atoms with Crippen LogP contribution in [0.2, 0.25) is 0 Å². The van der Waals surface area contributed by atoms with Crippen molar-refractivity contribution in [2.75, 3.05) is 5.01 Å². The SMILES string of the molecule is CC(C)(C)Oc1c(C=C2C(=O)NN(c3ccccc3)C2=O)cc(Br)cc1[N+](=O)[O-]. The largest absolute Gasteiger partial charge is 0.481 e. The van der Waals surface area contributed by atoms with E-state index in [1.54, 1.807) is 57.2 Å².